The maximum Gasteiger partial charge on any atom is 0.252 e. The van der Waals surface area contributed by atoms with Crippen molar-refractivity contribution in [3.05, 3.63) is 34.3 Å². The van der Waals surface area contributed by atoms with Gasteiger partial charge in [0.1, 0.15) is 0 Å². The van der Waals surface area contributed by atoms with Crippen LogP contribution < -0.4 is 11.1 Å². The molecule has 1 rings (SSSR count). The first-order valence-electron chi connectivity index (χ1n) is 5.90. The molecule has 104 valence electrons. The number of hydrogen-bond acceptors (Lipinski definition) is 3. The summed E-state index contributed by atoms with van der Waals surface area (Å²) in [6.45, 7) is 5.38. The molecule has 1 amide bonds. The second-order valence-electron chi connectivity index (χ2n) is 4.64. The standard InChI is InChI=1S/C13H18ClN3O2/c1-4-13(3,12(15)17-19)16-11(18)9-5-8(2)6-10(14)7-9/h5-7,19H,4H2,1-3H3,(H2,15,17)(H,16,18). The third kappa shape index (κ3) is 3.61. The van der Waals surface area contributed by atoms with E-state index in [1.807, 2.05) is 13.8 Å². The van der Waals surface area contributed by atoms with E-state index in [2.05, 4.69) is 10.5 Å². The van der Waals surface area contributed by atoms with E-state index in [0.29, 0.717) is 17.0 Å². The number of amidine groups is 1. The number of benzene rings is 1. The van der Waals surface area contributed by atoms with E-state index < -0.39 is 5.54 Å². The number of nitrogens with two attached hydrogens (primary N) is 1. The summed E-state index contributed by atoms with van der Waals surface area (Å²) in [5.41, 5.74) is 6.04. The summed E-state index contributed by atoms with van der Waals surface area (Å²) in [5.74, 6) is -0.358. The summed E-state index contributed by atoms with van der Waals surface area (Å²) in [6.07, 6.45) is 0.494. The van der Waals surface area contributed by atoms with Gasteiger partial charge in [-0.1, -0.05) is 23.7 Å². The highest BCUT2D eigenvalue weighted by molar-refractivity contribution is 6.31. The molecule has 1 aromatic carbocycles. The number of aryl methyl sites for hydroxylation is 1. The lowest BCUT2D eigenvalue weighted by atomic mass is 9.96. The summed E-state index contributed by atoms with van der Waals surface area (Å²) in [5, 5.41) is 15.0. The van der Waals surface area contributed by atoms with Crippen LogP contribution in [0.15, 0.2) is 23.4 Å². The van der Waals surface area contributed by atoms with E-state index >= 15 is 0 Å². The quantitative estimate of drug-likeness (QED) is 0.343. The fourth-order valence-electron chi connectivity index (χ4n) is 1.63. The van der Waals surface area contributed by atoms with Gasteiger partial charge >= 0.3 is 0 Å². The summed E-state index contributed by atoms with van der Waals surface area (Å²) in [6, 6.07) is 5.07. The van der Waals surface area contributed by atoms with Crippen LogP contribution in [0, 0.1) is 6.92 Å². The second-order valence-corrected chi connectivity index (χ2v) is 5.08. The van der Waals surface area contributed by atoms with Gasteiger partial charge in [-0.15, -0.1) is 0 Å². The molecule has 0 saturated heterocycles. The summed E-state index contributed by atoms with van der Waals surface area (Å²) in [7, 11) is 0. The van der Waals surface area contributed by atoms with E-state index in [9.17, 15) is 4.79 Å². The van der Waals surface area contributed by atoms with Gasteiger partial charge < -0.3 is 16.3 Å². The monoisotopic (exact) mass is 283 g/mol. The summed E-state index contributed by atoms with van der Waals surface area (Å²) in [4.78, 5) is 12.2. The maximum atomic E-state index is 12.2. The van der Waals surface area contributed by atoms with Crippen LogP contribution in [0.25, 0.3) is 0 Å². The number of carbonyl (C=O) groups is 1. The number of oxime groups is 1. The predicted molar refractivity (Wildman–Crippen MR) is 75.8 cm³/mol. The first kappa shape index (κ1) is 15.3. The Morgan fingerprint density at radius 2 is 2.16 bits per heavy atom. The molecular formula is C13H18ClN3O2. The normalized spacial score (nSPS) is 14.8. The van der Waals surface area contributed by atoms with E-state index in [4.69, 9.17) is 22.5 Å². The predicted octanol–water partition coefficient (Wildman–Crippen LogP) is 2.29. The number of hydrogen-bond donors (Lipinski definition) is 3. The number of nitrogens with zero attached hydrogens (tertiary/aromatic N) is 1. The molecule has 0 fully saturated rings. The Bertz CT molecular complexity index is 496. The van der Waals surface area contributed by atoms with Gasteiger partial charge in [-0.2, -0.15) is 0 Å². The lowest BCUT2D eigenvalue weighted by Crippen LogP contribution is -2.55. The molecule has 6 heteroatoms. The largest absolute Gasteiger partial charge is 0.409 e. The molecular weight excluding hydrogens is 266 g/mol. The average Bonchev–Trinajstić information content (AvgIpc) is 2.36. The first-order valence-corrected chi connectivity index (χ1v) is 6.28. The fraction of sp³-hybridized carbons (Fsp3) is 0.385. The van der Waals surface area contributed by atoms with Crippen molar-refractivity contribution in [1.29, 1.82) is 0 Å². The molecule has 1 unspecified atom stereocenters. The molecule has 0 radical (unpaired) electrons. The zero-order chi connectivity index (χ0) is 14.6. The minimum absolute atomic E-state index is 0.0397. The Labute approximate surface area is 117 Å². The van der Waals surface area contributed by atoms with Gasteiger partial charge in [0.05, 0.1) is 5.54 Å². The highest BCUT2D eigenvalue weighted by Gasteiger charge is 2.30. The first-order chi connectivity index (χ1) is 8.82. The number of amides is 1. The number of carbonyl (C=O) groups excluding carboxylic acids is 1. The van der Waals surface area contributed by atoms with Crippen molar-refractivity contribution in [3.63, 3.8) is 0 Å². The SMILES string of the molecule is CCC(C)(NC(=O)c1cc(C)cc(Cl)c1)/C(N)=N/O. The molecule has 1 aromatic rings. The molecule has 0 aliphatic rings. The average molecular weight is 284 g/mol. The molecule has 5 nitrogen and oxygen atoms in total. The van der Waals surface area contributed by atoms with Crippen LogP contribution in [0.1, 0.15) is 36.2 Å². The van der Waals surface area contributed by atoms with Gasteiger partial charge in [0.2, 0.25) is 0 Å². The second kappa shape index (κ2) is 5.93. The Morgan fingerprint density at radius 3 is 2.63 bits per heavy atom. The van der Waals surface area contributed by atoms with Gasteiger partial charge in [0.25, 0.3) is 5.91 Å². The molecule has 0 saturated carbocycles. The van der Waals surface area contributed by atoms with Crippen LogP contribution in [-0.4, -0.2) is 22.5 Å². The van der Waals surface area contributed by atoms with Crippen molar-refractivity contribution in [2.75, 3.05) is 0 Å². The molecule has 19 heavy (non-hydrogen) atoms. The van der Waals surface area contributed by atoms with Crippen LogP contribution in [0.5, 0.6) is 0 Å². The maximum absolute atomic E-state index is 12.2. The van der Waals surface area contributed by atoms with Crippen molar-refractivity contribution < 1.29 is 10.0 Å². The van der Waals surface area contributed by atoms with Gasteiger partial charge in [-0.3, -0.25) is 4.79 Å². The lowest BCUT2D eigenvalue weighted by molar-refractivity contribution is 0.0925. The molecule has 0 aliphatic heterocycles. The van der Waals surface area contributed by atoms with Crippen LogP contribution in [0.3, 0.4) is 0 Å². The van der Waals surface area contributed by atoms with Crippen molar-refractivity contribution in [2.24, 2.45) is 10.9 Å². The minimum Gasteiger partial charge on any atom is -0.409 e. The lowest BCUT2D eigenvalue weighted by Gasteiger charge is -2.28. The number of nitrogens with one attached hydrogen (secondary N) is 1. The highest BCUT2D eigenvalue weighted by Crippen LogP contribution is 2.16. The third-order valence-corrected chi connectivity index (χ3v) is 3.29. The van der Waals surface area contributed by atoms with Gasteiger partial charge in [-0.05, 0) is 44.0 Å². The molecule has 0 spiro atoms. The fourth-order valence-corrected chi connectivity index (χ4v) is 1.92. The third-order valence-electron chi connectivity index (χ3n) is 3.07. The summed E-state index contributed by atoms with van der Waals surface area (Å²) >= 11 is 5.92. The molecule has 0 aliphatic carbocycles. The van der Waals surface area contributed by atoms with Crippen molar-refractivity contribution >= 4 is 23.3 Å². The molecule has 0 bridgehead atoms. The Balaban J connectivity index is 3.01. The molecule has 1 atom stereocenters. The Hall–Kier alpha value is -1.75. The van der Waals surface area contributed by atoms with Crippen LogP contribution in [0.4, 0.5) is 0 Å². The highest BCUT2D eigenvalue weighted by atomic mass is 35.5. The minimum atomic E-state index is -0.901. The van der Waals surface area contributed by atoms with Crippen molar-refractivity contribution in [2.45, 2.75) is 32.7 Å². The smallest absolute Gasteiger partial charge is 0.252 e. The molecule has 4 N–H and O–H groups in total. The topological polar surface area (TPSA) is 87.7 Å². The zero-order valence-corrected chi connectivity index (χ0v) is 12.0. The molecule has 0 heterocycles. The van der Waals surface area contributed by atoms with Crippen molar-refractivity contribution in [1.82, 2.24) is 5.32 Å². The molecule has 0 aromatic heterocycles. The Kier molecular flexibility index (Phi) is 4.78. The number of halogens is 1. The van der Waals surface area contributed by atoms with E-state index in [1.165, 1.54) is 0 Å². The van der Waals surface area contributed by atoms with E-state index in [-0.39, 0.29) is 11.7 Å². The van der Waals surface area contributed by atoms with Crippen molar-refractivity contribution in [3.8, 4) is 0 Å². The van der Waals surface area contributed by atoms with E-state index in [0.717, 1.165) is 5.56 Å². The Morgan fingerprint density at radius 1 is 1.53 bits per heavy atom. The van der Waals surface area contributed by atoms with Crippen LogP contribution in [0.2, 0.25) is 5.02 Å². The summed E-state index contributed by atoms with van der Waals surface area (Å²) < 4.78 is 0. The van der Waals surface area contributed by atoms with E-state index in [1.54, 1.807) is 25.1 Å². The van der Waals surface area contributed by atoms with Gasteiger partial charge in [0.15, 0.2) is 5.84 Å². The zero-order valence-electron chi connectivity index (χ0n) is 11.2. The van der Waals surface area contributed by atoms with Crippen LogP contribution in [-0.2, 0) is 0 Å². The van der Waals surface area contributed by atoms with Gasteiger partial charge in [0, 0.05) is 10.6 Å². The van der Waals surface area contributed by atoms with Gasteiger partial charge in [-0.25, -0.2) is 0 Å². The number of rotatable bonds is 4. The van der Waals surface area contributed by atoms with Crippen LogP contribution >= 0.6 is 11.6 Å².